The van der Waals surface area contributed by atoms with Crippen LogP contribution in [-0.2, 0) is 4.74 Å². The molecule has 0 fully saturated rings. The van der Waals surface area contributed by atoms with Gasteiger partial charge in [0.2, 0.25) is 12.2 Å². The molecule has 2 N–H and O–H groups in total. The molecule has 0 spiro atoms. The standard InChI is InChI=1S/C19H20F3N3O.C2H6O/c1-5-6-13-7-17(24-11(2)3)18(8-14(13)21)25-16-9-19(26-12(4)20)23-10-15(16)22;1-3-2/h6-12,24H,1H2,2-4H3,(H,23,25);1-2H3. The van der Waals surface area contributed by atoms with Gasteiger partial charge in [0.25, 0.3) is 0 Å². The lowest BCUT2D eigenvalue weighted by Gasteiger charge is -2.18. The maximum absolute atomic E-state index is 14.3. The zero-order chi connectivity index (χ0) is 22.0. The van der Waals surface area contributed by atoms with Crippen LogP contribution in [-0.4, -0.2) is 31.6 Å². The van der Waals surface area contributed by atoms with Crippen LogP contribution in [0.25, 0.3) is 6.08 Å². The van der Waals surface area contributed by atoms with Crippen molar-refractivity contribution in [3.63, 3.8) is 0 Å². The SMILES string of the molecule is C=C=Cc1cc(NC(C)C)c(Nc2cc(OC(C)F)ncc2F)cc1F.COC. The van der Waals surface area contributed by atoms with Gasteiger partial charge in [0.05, 0.1) is 23.3 Å². The number of nitrogens with zero attached hydrogens (tertiary/aromatic N) is 1. The second-order valence-corrected chi connectivity index (χ2v) is 6.26. The molecule has 2 aromatic rings. The first-order valence-electron chi connectivity index (χ1n) is 8.81. The minimum atomic E-state index is -1.60. The normalized spacial score (nSPS) is 11.1. The number of aromatic nitrogens is 1. The van der Waals surface area contributed by atoms with Gasteiger partial charge < -0.3 is 20.1 Å². The fourth-order valence-electron chi connectivity index (χ4n) is 2.24. The van der Waals surface area contributed by atoms with Crippen LogP contribution in [0.15, 0.2) is 36.7 Å². The second-order valence-electron chi connectivity index (χ2n) is 6.26. The van der Waals surface area contributed by atoms with E-state index in [0.717, 1.165) is 6.20 Å². The number of anilines is 3. The number of hydrogen-bond acceptors (Lipinski definition) is 5. The van der Waals surface area contributed by atoms with Crippen molar-refractivity contribution >= 4 is 23.1 Å². The number of hydrogen-bond donors (Lipinski definition) is 2. The van der Waals surface area contributed by atoms with E-state index in [9.17, 15) is 13.2 Å². The maximum atomic E-state index is 14.3. The van der Waals surface area contributed by atoms with E-state index in [1.165, 1.54) is 25.1 Å². The molecule has 5 nitrogen and oxygen atoms in total. The van der Waals surface area contributed by atoms with Gasteiger partial charge in [-0.2, -0.15) is 0 Å². The second kappa shape index (κ2) is 11.8. The Morgan fingerprint density at radius 1 is 1.07 bits per heavy atom. The number of benzene rings is 1. The smallest absolute Gasteiger partial charge is 0.237 e. The molecule has 1 atom stereocenters. The van der Waals surface area contributed by atoms with Crippen LogP contribution in [0, 0.1) is 11.6 Å². The third-order valence-corrected chi connectivity index (χ3v) is 3.22. The van der Waals surface area contributed by atoms with Crippen molar-refractivity contribution in [1.29, 1.82) is 0 Å². The van der Waals surface area contributed by atoms with E-state index in [1.807, 2.05) is 13.8 Å². The van der Waals surface area contributed by atoms with Crippen molar-refractivity contribution in [2.24, 2.45) is 0 Å². The average molecular weight is 409 g/mol. The lowest BCUT2D eigenvalue weighted by Crippen LogP contribution is -2.12. The maximum Gasteiger partial charge on any atom is 0.237 e. The topological polar surface area (TPSA) is 55.4 Å². The molecule has 0 saturated heterocycles. The van der Waals surface area contributed by atoms with Crippen LogP contribution in [0.5, 0.6) is 5.88 Å². The van der Waals surface area contributed by atoms with Crippen molar-refractivity contribution in [3.8, 4) is 5.88 Å². The largest absolute Gasteiger partial charge is 0.444 e. The lowest BCUT2D eigenvalue weighted by atomic mass is 10.1. The first-order chi connectivity index (χ1) is 13.7. The van der Waals surface area contributed by atoms with Crippen LogP contribution >= 0.6 is 0 Å². The van der Waals surface area contributed by atoms with Crippen LogP contribution in [0.1, 0.15) is 26.3 Å². The van der Waals surface area contributed by atoms with Crippen molar-refractivity contribution in [1.82, 2.24) is 4.98 Å². The predicted octanol–water partition coefficient (Wildman–Crippen LogP) is 5.68. The Labute approximate surface area is 169 Å². The highest BCUT2D eigenvalue weighted by atomic mass is 19.1. The fourth-order valence-corrected chi connectivity index (χ4v) is 2.24. The van der Waals surface area contributed by atoms with Crippen LogP contribution in [0.2, 0.25) is 0 Å². The molecule has 1 aromatic carbocycles. The summed E-state index contributed by atoms with van der Waals surface area (Å²) in [4.78, 5) is 3.66. The Morgan fingerprint density at radius 3 is 2.28 bits per heavy atom. The van der Waals surface area contributed by atoms with E-state index in [4.69, 9.17) is 4.74 Å². The Balaban J connectivity index is 0.00000132. The van der Waals surface area contributed by atoms with Gasteiger partial charge in [-0.15, -0.1) is 5.73 Å². The molecule has 0 aliphatic heterocycles. The number of alkyl halides is 1. The summed E-state index contributed by atoms with van der Waals surface area (Å²) >= 11 is 0. The highest BCUT2D eigenvalue weighted by molar-refractivity contribution is 5.77. The minimum absolute atomic E-state index is 0.0196. The molecule has 2 rings (SSSR count). The molecule has 158 valence electrons. The molecular weight excluding hydrogens is 383 g/mol. The Morgan fingerprint density at radius 2 is 1.72 bits per heavy atom. The molecule has 29 heavy (non-hydrogen) atoms. The van der Waals surface area contributed by atoms with Crippen molar-refractivity contribution in [3.05, 3.63) is 53.9 Å². The highest BCUT2D eigenvalue weighted by Gasteiger charge is 2.14. The molecule has 0 amide bonds. The lowest BCUT2D eigenvalue weighted by molar-refractivity contribution is 0.0809. The van der Waals surface area contributed by atoms with E-state index < -0.39 is 18.0 Å². The molecule has 1 aromatic heterocycles. The van der Waals surface area contributed by atoms with Gasteiger partial charge >= 0.3 is 0 Å². The van der Waals surface area contributed by atoms with E-state index in [1.54, 1.807) is 20.3 Å². The average Bonchev–Trinajstić information content (AvgIpc) is 2.61. The van der Waals surface area contributed by atoms with E-state index in [0.29, 0.717) is 16.9 Å². The fraction of sp³-hybridized carbons (Fsp3) is 0.333. The van der Waals surface area contributed by atoms with Crippen molar-refractivity contribution in [2.45, 2.75) is 33.2 Å². The third kappa shape index (κ3) is 7.89. The third-order valence-electron chi connectivity index (χ3n) is 3.22. The summed E-state index contributed by atoms with van der Waals surface area (Å²) in [5.41, 5.74) is 3.66. The molecule has 1 unspecified atom stereocenters. The number of methoxy groups -OCH3 is 1. The molecule has 1 heterocycles. The predicted molar refractivity (Wildman–Crippen MR) is 110 cm³/mol. The number of nitrogens with one attached hydrogen (secondary N) is 2. The van der Waals surface area contributed by atoms with Gasteiger partial charge in [0.1, 0.15) is 5.82 Å². The monoisotopic (exact) mass is 409 g/mol. The summed E-state index contributed by atoms with van der Waals surface area (Å²) in [5, 5.41) is 5.96. The number of halogens is 3. The highest BCUT2D eigenvalue weighted by Crippen LogP contribution is 2.32. The molecule has 0 bridgehead atoms. The van der Waals surface area contributed by atoms with E-state index in [2.05, 4.69) is 32.7 Å². The van der Waals surface area contributed by atoms with E-state index in [-0.39, 0.29) is 17.6 Å². The van der Waals surface area contributed by atoms with Crippen molar-refractivity contribution < 1.29 is 22.6 Å². The molecule has 0 radical (unpaired) electrons. The van der Waals surface area contributed by atoms with E-state index >= 15 is 0 Å². The first-order valence-corrected chi connectivity index (χ1v) is 8.81. The minimum Gasteiger partial charge on any atom is -0.444 e. The van der Waals surface area contributed by atoms with Crippen molar-refractivity contribution in [2.75, 3.05) is 24.9 Å². The Hall–Kier alpha value is -2.96. The first kappa shape index (κ1) is 24.1. The summed E-state index contributed by atoms with van der Waals surface area (Å²) in [6.07, 6.45) is 0.717. The summed E-state index contributed by atoms with van der Waals surface area (Å²) < 4.78 is 50.4. The zero-order valence-corrected chi connectivity index (χ0v) is 17.1. The molecule has 0 saturated carbocycles. The molecule has 0 aliphatic carbocycles. The number of pyridine rings is 1. The zero-order valence-electron chi connectivity index (χ0n) is 17.1. The van der Waals surface area contributed by atoms with Crippen LogP contribution in [0.3, 0.4) is 0 Å². The summed E-state index contributed by atoms with van der Waals surface area (Å²) in [5.74, 6) is -1.30. The summed E-state index contributed by atoms with van der Waals surface area (Å²) in [6, 6.07) is 4.05. The molecule has 0 aliphatic rings. The number of ether oxygens (including phenoxy) is 2. The van der Waals surface area contributed by atoms with Gasteiger partial charge in [0.15, 0.2) is 5.82 Å². The van der Waals surface area contributed by atoms with Gasteiger partial charge in [-0.05, 0) is 26.0 Å². The Bertz CT molecular complexity index is 851. The molecule has 8 heteroatoms. The Kier molecular flexibility index (Phi) is 9.79. The van der Waals surface area contributed by atoms with Gasteiger partial charge in [0, 0.05) is 44.9 Å². The van der Waals surface area contributed by atoms with Gasteiger partial charge in [-0.1, -0.05) is 6.58 Å². The summed E-state index contributed by atoms with van der Waals surface area (Å²) in [7, 11) is 3.25. The summed E-state index contributed by atoms with van der Waals surface area (Å²) in [6.45, 7) is 8.45. The van der Waals surface area contributed by atoms with Gasteiger partial charge in [-0.3, -0.25) is 0 Å². The van der Waals surface area contributed by atoms with Crippen LogP contribution < -0.4 is 15.4 Å². The van der Waals surface area contributed by atoms with Gasteiger partial charge in [-0.25, -0.2) is 18.2 Å². The van der Waals surface area contributed by atoms with Crippen LogP contribution in [0.4, 0.5) is 30.2 Å². The quantitative estimate of drug-likeness (QED) is 0.577. The molecular formula is C21H26F3N3O2. The number of rotatable bonds is 7.